The van der Waals surface area contributed by atoms with Gasteiger partial charge in [0.15, 0.2) is 0 Å². The molecule has 3 nitrogen and oxygen atoms in total. The highest BCUT2D eigenvalue weighted by molar-refractivity contribution is 5.10. The first-order chi connectivity index (χ1) is 4.88. The predicted octanol–water partition coefficient (Wildman–Crippen LogP) is 1.47. The summed E-state index contributed by atoms with van der Waals surface area (Å²) in [7, 11) is 0. The van der Waals surface area contributed by atoms with Crippen LogP contribution in [0.3, 0.4) is 0 Å². The fraction of sp³-hybridized carbons (Fsp3) is 1.00. The SMILES string of the molecule is CCC1C2N=NN(CC)C12. The minimum atomic E-state index is 0.560. The van der Waals surface area contributed by atoms with Crippen molar-refractivity contribution < 1.29 is 0 Å². The molecule has 0 N–H and O–H groups in total. The molecule has 0 amide bonds. The van der Waals surface area contributed by atoms with Crippen molar-refractivity contribution in [2.24, 2.45) is 16.3 Å². The zero-order valence-corrected chi connectivity index (χ0v) is 6.49. The van der Waals surface area contributed by atoms with Crippen LogP contribution in [-0.2, 0) is 0 Å². The van der Waals surface area contributed by atoms with Gasteiger partial charge in [0.25, 0.3) is 0 Å². The van der Waals surface area contributed by atoms with E-state index in [1.165, 1.54) is 6.42 Å². The van der Waals surface area contributed by atoms with E-state index in [0.29, 0.717) is 12.1 Å². The van der Waals surface area contributed by atoms with Crippen LogP contribution in [-0.4, -0.2) is 23.6 Å². The Bertz CT molecular complexity index is 166. The summed E-state index contributed by atoms with van der Waals surface area (Å²) in [6.45, 7) is 5.37. The van der Waals surface area contributed by atoms with E-state index in [0.717, 1.165) is 12.5 Å². The summed E-state index contributed by atoms with van der Waals surface area (Å²) >= 11 is 0. The lowest BCUT2D eigenvalue weighted by Crippen LogP contribution is -2.18. The van der Waals surface area contributed by atoms with Gasteiger partial charge in [-0.2, -0.15) is 5.11 Å². The summed E-state index contributed by atoms with van der Waals surface area (Å²) in [5.41, 5.74) is 0. The zero-order chi connectivity index (χ0) is 7.14. The maximum Gasteiger partial charge on any atom is 0.100 e. The van der Waals surface area contributed by atoms with Crippen molar-refractivity contribution in [2.75, 3.05) is 6.54 Å². The summed E-state index contributed by atoms with van der Waals surface area (Å²) in [5, 5.41) is 10.3. The topological polar surface area (TPSA) is 28.0 Å². The van der Waals surface area contributed by atoms with Gasteiger partial charge >= 0.3 is 0 Å². The van der Waals surface area contributed by atoms with Crippen molar-refractivity contribution in [3.8, 4) is 0 Å². The third-order valence-corrected chi connectivity index (χ3v) is 2.53. The van der Waals surface area contributed by atoms with E-state index in [1.54, 1.807) is 0 Å². The number of rotatable bonds is 2. The largest absolute Gasteiger partial charge is 0.273 e. The molecule has 1 aliphatic heterocycles. The Morgan fingerprint density at radius 1 is 1.40 bits per heavy atom. The Balaban J connectivity index is 2.01. The van der Waals surface area contributed by atoms with Crippen LogP contribution in [0.4, 0.5) is 0 Å². The van der Waals surface area contributed by atoms with Gasteiger partial charge in [-0.1, -0.05) is 12.1 Å². The molecule has 0 saturated heterocycles. The van der Waals surface area contributed by atoms with Gasteiger partial charge in [-0.25, -0.2) is 0 Å². The molecular formula is C7H13N3. The Labute approximate surface area is 61.1 Å². The van der Waals surface area contributed by atoms with Crippen LogP contribution in [0.2, 0.25) is 0 Å². The van der Waals surface area contributed by atoms with Crippen molar-refractivity contribution in [3.05, 3.63) is 0 Å². The maximum absolute atomic E-state index is 4.17. The van der Waals surface area contributed by atoms with Crippen molar-refractivity contribution in [3.63, 3.8) is 0 Å². The lowest BCUT2D eigenvalue weighted by molar-refractivity contribution is 0.277. The second-order valence-electron chi connectivity index (χ2n) is 3.01. The van der Waals surface area contributed by atoms with E-state index >= 15 is 0 Å². The van der Waals surface area contributed by atoms with Crippen LogP contribution in [0.15, 0.2) is 10.3 Å². The molecule has 0 aromatic rings. The second-order valence-corrected chi connectivity index (χ2v) is 3.01. The summed E-state index contributed by atoms with van der Waals surface area (Å²) in [5.74, 6) is 0.817. The van der Waals surface area contributed by atoms with E-state index in [-0.39, 0.29) is 0 Å². The zero-order valence-electron chi connectivity index (χ0n) is 6.49. The van der Waals surface area contributed by atoms with Crippen LogP contribution >= 0.6 is 0 Å². The van der Waals surface area contributed by atoms with E-state index in [2.05, 4.69) is 29.2 Å². The molecule has 1 fully saturated rings. The first kappa shape index (κ1) is 6.13. The molecule has 1 saturated carbocycles. The van der Waals surface area contributed by atoms with E-state index < -0.39 is 0 Å². The molecule has 0 bridgehead atoms. The fourth-order valence-electron chi connectivity index (χ4n) is 1.83. The quantitative estimate of drug-likeness (QED) is 0.569. The first-order valence-electron chi connectivity index (χ1n) is 4.06. The maximum atomic E-state index is 4.17. The highest BCUT2D eigenvalue weighted by Gasteiger charge is 2.56. The van der Waals surface area contributed by atoms with Crippen LogP contribution in [0.1, 0.15) is 20.3 Å². The highest BCUT2D eigenvalue weighted by atomic mass is 15.6. The van der Waals surface area contributed by atoms with Gasteiger partial charge in [-0.15, -0.1) is 0 Å². The van der Waals surface area contributed by atoms with Gasteiger partial charge < -0.3 is 0 Å². The Morgan fingerprint density at radius 3 is 2.70 bits per heavy atom. The third-order valence-electron chi connectivity index (χ3n) is 2.53. The molecule has 2 rings (SSSR count). The van der Waals surface area contributed by atoms with E-state index in [4.69, 9.17) is 0 Å². The van der Waals surface area contributed by atoms with Crippen molar-refractivity contribution in [1.29, 1.82) is 0 Å². The predicted molar refractivity (Wildman–Crippen MR) is 38.6 cm³/mol. The highest BCUT2D eigenvalue weighted by Crippen LogP contribution is 2.45. The fourth-order valence-corrected chi connectivity index (χ4v) is 1.83. The minimum Gasteiger partial charge on any atom is -0.273 e. The summed E-state index contributed by atoms with van der Waals surface area (Å²) in [6, 6.07) is 1.24. The average Bonchev–Trinajstić information content (AvgIpc) is 2.51. The molecule has 0 spiro atoms. The number of fused-ring (bicyclic) bond motifs is 1. The normalized spacial score (nSPS) is 42.2. The molecule has 0 aromatic carbocycles. The van der Waals surface area contributed by atoms with Gasteiger partial charge in [-0.3, -0.25) is 5.01 Å². The van der Waals surface area contributed by atoms with Gasteiger partial charge in [0.2, 0.25) is 0 Å². The van der Waals surface area contributed by atoms with E-state index in [1.807, 2.05) is 0 Å². The van der Waals surface area contributed by atoms with Crippen molar-refractivity contribution in [2.45, 2.75) is 32.4 Å². The lowest BCUT2D eigenvalue weighted by Gasteiger charge is -2.10. The smallest absolute Gasteiger partial charge is 0.100 e. The van der Waals surface area contributed by atoms with Crippen LogP contribution in [0, 0.1) is 5.92 Å². The van der Waals surface area contributed by atoms with E-state index in [9.17, 15) is 0 Å². The Kier molecular flexibility index (Phi) is 1.19. The molecule has 56 valence electrons. The number of hydrogen-bond donors (Lipinski definition) is 0. The Hall–Kier alpha value is -0.600. The Morgan fingerprint density at radius 2 is 2.20 bits per heavy atom. The number of likely N-dealkylation sites (N-methyl/N-ethyl adjacent to an activating group) is 1. The molecule has 1 heterocycles. The monoisotopic (exact) mass is 139 g/mol. The molecular weight excluding hydrogens is 126 g/mol. The van der Waals surface area contributed by atoms with Crippen LogP contribution in [0.5, 0.6) is 0 Å². The summed E-state index contributed by atoms with van der Waals surface area (Å²) in [4.78, 5) is 0. The van der Waals surface area contributed by atoms with Crippen LogP contribution < -0.4 is 0 Å². The number of nitrogens with zero attached hydrogens (tertiary/aromatic N) is 3. The molecule has 0 radical (unpaired) electrons. The molecule has 2 aliphatic rings. The van der Waals surface area contributed by atoms with Gasteiger partial charge in [-0.05, 0) is 13.3 Å². The van der Waals surface area contributed by atoms with Crippen molar-refractivity contribution >= 4 is 0 Å². The van der Waals surface area contributed by atoms with Gasteiger partial charge in [0, 0.05) is 12.5 Å². The average molecular weight is 139 g/mol. The summed E-state index contributed by atoms with van der Waals surface area (Å²) < 4.78 is 0. The minimum absolute atomic E-state index is 0.560. The molecule has 10 heavy (non-hydrogen) atoms. The molecule has 1 aliphatic carbocycles. The molecule has 3 heteroatoms. The van der Waals surface area contributed by atoms with Gasteiger partial charge in [0.05, 0.1) is 6.04 Å². The molecule has 0 aromatic heterocycles. The van der Waals surface area contributed by atoms with Crippen molar-refractivity contribution in [1.82, 2.24) is 5.01 Å². The standard InChI is InChI=1S/C7H13N3/c1-3-5-6-7(5)10(4-2)9-8-6/h5-7H,3-4H2,1-2H3. The number of hydrogen-bond acceptors (Lipinski definition) is 3. The molecule has 3 unspecified atom stereocenters. The molecule has 3 atom stereocenters. The van der Waals surface area contributed by atoms with Gasteiger partial charge in [0.1, 0.15) is 6.04 Å². The van der Waals surface area contributed by atoms with Crippen LogP contribution in [0.25, 0.3) is 0 Å². The summed E-state index contributed by atoms with van der Waals surface area (Å²) in [6.07, 6.45) is 1.25. The third kappa shape index (κ3) is 0.604. The second kappa shape index (κ2) is 1.94. The first-order valence-corrected chi connectivity index (χ1v) is 4.06. The lowest BCUT2D eigenvalue weighted by atomic mass is 10.3.